The number of methoxy groups -OCH3 is 1. The maximum absolute atomic E-state index is 11.7. The molecule has 0 fully saturated rings. The zero-order chi connectivity index (χ0) is 16.5. The summed E-state index contributed by atoms with van der Waals surface area (Å²) in [5, 5.41) is 0. The van der Waals surface area contributed by atoms with Crippen molar-refractivity contribution in [2.45, 2.75) is 104 Å². The first-order valence-electron chi connectivity index (χ1n) is 9.53. The molecule has 0 aliphatic carbocycles. The molecule has 22 heavy (non-hydrogen) atoms. The third kappa shape index (κ3) is 12.9. The largest absolute Gasteiger partial charge is 0.466 e. The lowest BCUT2D eigenvalue weighted by Gasteiger charge is -2.06. The Bertz CT molecular complexity index is 281. The van der Waals surface area contributed by atoms with Crippen molar-refractivity contribution in [2.24, 2.45) is 0 Å². The van der Waals surface area contributed by atoms with Crippen LogP contribution < -0.4 is 0 Å². The Morgan fingerprint density at radius 3 is 1.77 bits per heavy atom. The van der Waals surface area contributed by atoms with E-state index in [1.54, 1.807) is 0 Å². The Kier molecular flexibility index (Phi) is 16.0. The van der Waals surface area contributed by atoms with Crippen molar-refractivity contribution in [2.75, 3.05) is 7.11 Å². The lowest BCUT2D eigenvalue weighted by atomic mass is 10.0. The van der Waals surface area contributed by atoms with E-state index in [9.17, 15) is 4.79 Å². The Labute approximate surface area is 138 Å². The molecule has 0 rings (SSSR count). The summed E-state index contributed by atoms with van der Waals surface area (Å²) >= 11 is 0. The molecule has 0 unspecified atom stereocenters. The van der Waals surface area contributed by atoms with Gasteiger partial charge in [0.15, 0.2) is 0 Å². The molecule has 2 heteroatoms. The smallest absolute Gasteiger partial charge is 0.333 e. The van der Waals surface area contributed by atoms with Crippen molar-refractivity contribution in [3.8, 4) is 0 Å². The normalized spacial score (nSPS) is 11.7. The van der Waals surface area contributed by atoms with Crippen LogP contribution in [0.5, 0.6) is 0 Å². The van der Waals surface area contributed by atoms with Gasteiger partial charge in [-0.15, -0.1) is 0 Å². The molecule has 0 amide bonds. The molecule has 0 radical (unpaired) electrons. The minimum absolute atomic E-state index is 0.132. The van der Waals surface area contributed by atoms with Gasteiger partial charge in [-0.05, 0) is 19.3 Å². The van der Waals surface area contributed by atoms with Crippen LogP contribution in [0.1, 0.15) is 104 Å². The van der Waals surface area contributed by atoms with Gasteiger partial charge in [0.05, 0.1) is 7.11 Å². The van der Waals surface area contributed by atoms with Crippen molar-refractivity contribution >= 4 is 5.97 Å². The number of allylic oxidation sites excluding steroid dienone is 1. The van der Waals surface area contributed by atoms with Crippen LogP contribution >= 0.6 is 0 Å². The molecule has 0 spiro atoms. The van der Waals surface area contributed by atoms with Crippen molar-refractivity contribution in [3.63, 3.8) is 0 Å². The first kappa shape index (κ1) is 21.2. The Morgan fingerprint density at radius 1 is 0.773 bits per heavy atom. The number of unbranched alkanes of at least 4 members (excludes halogenated alkanes) is 11. The summed E-state index contributed by atoms with van der Waals surface area (Å²) in [6, 6.07) is 0. The van der Waals surface area contributed by atoms with Gasteiger partial charge in [0, 0.05) is 5.57 Å². The average molecular weight is 311 g/mol. The number of ether oxygens (including phenoxy) is 1. The van der Waals surface area contributed by atoms with E-state index < -0.39 is 0 Å². The summed E-state index contributed by atoms with van der Waals surface area (Å²) in [6.45, 7) is 4.44. The maximum Gasteiger partial charge on any atom is 0.333 e. The van der Waals surface area contributed by atoms with Gasteiger partial charge in [-0.1, -0.05) is 90.6 Å². The number of hydrogen-bond acceptors (Lipinski definition) is 2. The highest BCUT2D eigenvalue weighted by atomic mass is 16.5. The van der Waals surface area contributed by atoms with E-state index in [1.807, 2.05) is 0 Å². The van der Waals surface area contributed by atoms with E-state index in [1.165, 1.54) is 71.3 Å². The van der Waals surface area contributed by atoms with Crippen LogP contribution in [0.3, 0.4) is 0 Å². The molecule has 0 atom stereocenters. The maximum atomic E-state index is 11.7. The van der Waals surface area contributed by atoms with E-state index in [-0.39, 0.29) is 5.97 Å². The second kappa shape index (κ2) is 16.6. The number of esters is 1. The molecule has 0 aromatic carbocycles. The fourth-order valence-electron chi connectivity index (χ4n) is 2.70. The van der Waals surface area contributed by atoms with E-state index in [0.717, 1.165) is 31.3 Å². The molecule has 0 aromatic rings. The SMILES string of the molecule is CCCCC=C(CCCCCCCCCCCC)C(=O)OC. The fraction of sp³-hybridized carbons (Fsp3) is 0.850. The van der Waals surface area contributed by atoms with Crippen LogP contribution in [0.25, 0.3) is 0 Å². The molecule has 0 heterocycles. The summed E-state index contributed by atoms with van der Waals surface area (Å²) in [6.07, 6.45) is 19.6. The molecule has 2 nitrogen and oxygen atoms in total. The molecule has 0 aromatic heterocycles. The number of carbonyl (C=O) groups excluding carboxylic acids is 1. The van der Waals surface area contributed by atoms with Gasteiger partial charge in [0.25, 0.3) is 0 Å². The predicted molar refractivity (Wildman–Crippen MR) is 96.1 cm³/mol. The fourth-order valence-corrected chi connectivity index (χ4v) is 2.70. The summed E-state index contributed by atoms with van der Waals surface area (Å²) in [7, 11) is 1.48. The molecular weight excluding hydrogens is 272 g/mol. The number of hydrogen-bond donors (Lipinski definition) is 0. The van der Waals surface area contributed by atoms with E-state index in [2.05, 4.69) is 19.9 Å². The summed E-state index contributed by atoms with van der Waals surface area (Å²) in [5.41, 5.74) is 0.885. The zero-order valence-electron chi connectivity index (χ0n) is 15.3. The Morgan fingerprint density at radius 2 is 1.27 bits per heavy atom. The van der Waals surface area contributed by atoms with Crippen molar-refractivity contribution in [1.82, 2.24) is 0 Å². The monoisotopic (exact) mass is 310 g/mol. The molecule has 0 N–H and O–H groups in total. The number of rotatable bonds is 15. The zero-order valence-corrected chi connectivity index (χ0v) is 15.3. The van der Waals surface area contributed by atoms with Crippen LogP contribution in [0.15, 0.2) is 11.6 Å². The van der Waals surface area contributed by atoms with Gasteiger partial charge in [-0.3, -0.25) is 0 Å². The van der Waals surface area contributed by atoms with E-state index in [0.29, 0.717) is 0 Å². The topological polar surface area (TPSA) is 26.3 Å². The van der Waals surface area contributed by atoms with Crippen molar-refractivity contribution in [3.05, 3.63) is 11.6 Å². The lowest BCUT2D eigenvalue weighted by Crippen LogP contribution is -2.05. The quantitative estimate of drug-likeness (QED) is 0.194. The number of carbonyl (C=O) groups is 1. The van der Waals surface area contributed by atoms with Crippen LogP contribution in [-0.2, 0) is 9.53 Å². The van der Waals surface area contributed by atoms with Gasteiger partial charge < -0.3 is 4.74 Å². The average Bonchev–Trinajstić information content (AvgIpc) is 2.54. The molecular formula is C20H38O2. The highest BCUT2D eigenvalue weighted by Crippen LogP contribution is 2.15. The minimum atomic E-state index is -0.132. The molecule has 0 saturated carbocycles. The molecule has 130 valence electrons. The molecule has 0 saturated heterocycles. The summed E-state index contributed by atoms with van der Waals surface area (Å²) in [4.78, 5) is 11.7. The summed E-state index contributed by atoms with van der Waals surface area (Å²) < 4.78 is 4.88. The van der Waals surface area contributed by atoms with Crippen LogP contribution in [0, 0.1) is 0 Å². The molecule has 0 aliphatic heterocycles. The van der Waals surface area contributed by atoms with Crippen LogP contribution in [-0.4, -0.2) is 13.1 Å². The first-order chi connectivity index (χ1) is 10.8. The van der Waals surface area contributed by atoms with Crippen molar-refractivity contribution < 1.29 is 9.53 Å². The lowest BCUT2D eigenvalue weighted by molar-refractivity contribution is -0.136. The highest BCUT2D eigenvalue weighted by Gasteiger charge is 2.08. The van der Waals surface area contributed by atoms with E-state index in [4.69, 9.17) is 4.74 Å². The Balaban J connectivity index is 3.63. The molecule has 0 bridgehead atoms. The van der Waals surface area contributed by atoms with Gasteiger partial charge >= 0.3 is 5.97 Å². The third-order valence-electron chi connectivity index (χ3n) is 4.20. The van der Waals surface area contributed by atoms with Crippen LogP contribution in [0.2, 0.25) is 0 Å². The summed E-state index contributed by atoms with van der Waals surface area (Å²) in [5.74, 6) is -0.132. The van der Waals surface area contributed by atoms with Gasteiger partial charge in [0.1, 0.15) is 0 Å². The van der Waals surface area contributed by atoms with Crippen LogP contribution in [0.4, 0.5) is 0 Å². The standard InChI is InChI=1S/C20H38O2/c1-4-6-8-9-10-11-12-13-14-16-18-19(20(21)22-3)17-15-7-5-2/h17H,4-16,18H2,1-3H3. The van der Waals surface area contributed by atoms with Crippen molar-refractivity contribution in [1.29, 1.82) is 0 Å². The van der Waals surface area contributed by atoms with Gasteiger partial charge in [-0.2, -0.15) is 0 Å². The minimum Gasteiger partial charge on any atom is -0.466 e. The van der Waals surface area contributed by atoms with Gasteiger partial charge in [0.2, 0.25) is 0 Å². The van der Waals surface area contributed by atoms with Gasteiger partial charge in [-0.25, -0.2) is 4.79 Å². The van der Waals surface area contributed by atoms with E-state index >= 15 is 0 Å². The molecule has 0 aliphatic rings. The third-order valence-corrected chi connectivity index (χ3v) is 4.20. The first-order valence-corrected chi connectivity index (χ1v) is 9.53. The Hall–Kier alpha value is -0.790. The predicted octanol–water partition coefficient (Wildman–Crippen LogP) is 6.59. The second-order valence-electron chi connectivity index (χ2n) is 6.30. The second-order valence-corrected chi connectivity index (χ2v) is 6.30. The highest BCUT2D eigenvalue weighted by molar-refractivity contribution is 5.88.